The minimum absolute atomic E-state index is 0.115. The maximum atomic E-state index is 2.43. The molecule has 0 amide bonds. The van der Waals surface area contributed by atoms with Crippen LogP contribution in [0.5, 0.6) is 0 Å². The van der Waals surface area contributed by atoms with Gasteiger partial charge < -0.3 is 9.62 Å². The molecule has 0 heterocycles. The number of rotatable bonds is 7. The number of anilines is 4. The van der Waals surface area contributed by atoms with Crippen molar-refractivity contribution in [1.82, 2.24) is 0 Å². The van der Waals surface area contributed by atoms with E-state index in [0.29, 0.717) is 0 Å². The summed E-state index contributed by atoms with van der Waals surface area (Å²) in [6.07, 6.45) is 0.952. The predicted molar refractivity (Wildman–Crippen MR) is 126 cm³/mol. The van der Waals surface area contributed by atoms with Gasteiger partial charge in [0.25, 0.3) is 0 Å². The van der Waals surface area contributed by atoms with E-state index in [2.05, 4.69) is 138 Å². The van der Waals surface area contributed by atoms with Gasteiger partial charge in [-0.05, 0) is 54.9 Å². The molecule has 3 heteroatoms. The van der Waals surface area contributed by atoms with Crippen LogP contribution in [0.4, 0.5) is 22.7 Å². The van der Waals surface area contributed by atoms with Gasteiger partial charge in [0.15, 0.2) is 0 Å². The second kappa shape index (κ2) is 9.16. The minimum Gasteiger partial charge on any atom is -0.366 e. The molecular weight excluding hydrogens is 351 g/mol. The monoisotopic (exact) mass is 376 g/mol. The van der Waals surface area contributed by atoms with Crippen LogP contribution in [0.2, 0.25) is 6.32 Å². The summed E-state index contributed by atoms with van der Waals surface area (Å²) in [5, 5.41) is 0. The van der Waals surface area contributed by atoms with Gasteiger partial charge in [-0.1, -0.05) is 79.7 Å². The highest BCUT2D eigenvalue weighted by Gasteiger charge is 2.32. The first kappa shape index (κ1) is 18.9. The SMILES string of the molecule is CCB(N(c1ccccc1)c1ccccc1)N(c1ccccc1)c1ccccc1. The molecule has 4 rings (SSSR count). The Kier molecular flexibility index (Phi) is 5.96. The highest BCUT2D eigenvalue weighted by Crippen LogP contribution is 2.34. The molecule has 0 bridgehead atoms. The van der Waals surface area contributed by atoms with Crippen molar-refractivity contribution in [3.05, 3.63) is 121 Å². The Hall–Kier alpha value is -3.46. The summed E-state index contributed by atoms with van der Waals surface area (Å²) in [5.41, 5.74) is 4.73. The first-order valence-corrected chi connectivity index (χ1v) is 10.2. The van der Waals surface area contributed by atoms with Crippen molar-refractivity contribution in [2.24, 2.45) is 0 Å². The Balaban J connectivity index is 1.88. The topological polar surface area (TPSA) is 6.48 Å². The van der Waals surface area contributed by atoms with Crippen LogP contribution in [-0.2, 0) is 0 Å². The lowest BCUT2D eigenvalue weighted by Gasteiger charge is -2.39. The first-order chi connectivity index (χ1) is 14.4. The van der Waals surface area contributed by atoms with E-state index < -0.39 is 0 Å². The fraction of sp³-hybridized carbons (Fsp3) is 0.0769. The Morgan fingerprint density at radius 2 is 0.690 bits per heavy atom. The first-order valence-electron chi connectivity index (χ1n) is 10.2. The van der Waals surface area contributed by atoms with Crippen LogP contribution in [0, 0.1) is 0 Å². The van der Waals surface area contributed by atoms with E-state index in [1.165, 1.54) is 22.7 Å². The van der Waals surface area contributed by atoms with Gasteiger partial charge in [-0.25, -0.2) is 0 Å². The zero-order valence-electron chi connectivity index (χ0n) is 16.7. The Labute approximate surface area is 174 Å². The van der Waals surface area contributed by atoms with Crippen LogP contribution in [0.15, 0.2) is 121 Å². The molecule has 0 aliphatic rings. The highest BCUT2D eigenvalue weighted by molar-refractivity contribution is 6.70. The molecule has 29 heavy (non-hydrogen) atoms. The molecule has 0 atom stereocenters. The van der Waals surface area contributed by atoms with E-state index >= 15 is 0 Å². The lowest BCUT2D eigenvalue weighted by Crippen LogP contribution is -2.48. The average Bonchev–Trinajstić information content (AvgIpc) is 2.81. The van der Waals surface area contributed by atoms with Crippen LogP contribution in [0.25, 0.3) is 0 Å². The van der Waals surface area contributed by atoms with Gasteiger partial charge in [0, 0.05) is 22.7 Å². The molecule has 0 unspecified atom stereocenters. The minimum atomic E-state index is 0.115. The third kappa shape index (κ3) is 4.19. The number of benzene rings is 4. The fourth-order valence-electron chi connectivity index (χ4n) is 3.82. The maximum Gasteiger partial charge on any atom is 0.384 e. The molecule has 0 aliphatic heterocycles. The molecule has 0 spiro atoms. The van der Waals surface area contributed by atoms with Crippen molar-refractivity contribution in [3.8, 4) is 0 Å². The van der Waals surface area contributed by atoms with Crippen LogP contribution in [0.1, 0.15) is 6.92 Å². The second-order valence-electron chi connectivity index (χ2n) is 6.97. The number of hydrogen-bond donors (Lipinski definition) is 0. The highest BCUT2D eigenvalue weighted by atomic mass is 15.2. The Bertz CT molecular complexity index is 830. The smallest absolute Gasteiger partial charge is 0.366 e. The summed E-state index contributed by atoms with van der Waals surface area (Å²) in [6, 6.07) is 42.6. The number of hydrogen-bond acceptors (Lipinski definition) is 2. The van der Waals surface area contributed by atoms with Crippen LogP contribution in [0.3, 0.4) is 0 Å². The van der Waals surface area contributed by atoms with E-state index in [1.807, 2.05) is 0 Å². The maximum absolute atomic E-state index is 2.43. The van der Waals surface area contributed by atoms with Crippen LogP contribution in [-0.4, -0.2) is 6.98 Å². The molecule has 142 valence electrons. The molecule has 4 aromatic rings. The number of nitrogens with zero attached hydrogens (tertiary/aromatic N) is 2. The van der Waals surface area contributed by atoms with Crippen molar-refractivity contribution in [1.29, 1.82) is 0 Å². The van der Waals surface area contributed by atoms with Gasteiger partial charge in [0.2, 0.25) is 0 Å². The zero-order valence-corrected chi connectivity index (χ0v) is 16.7. The third-order valence-electron chi connectivity index (χ3n) is 5.10. The van der Waals surface area contributed by atoms with Crippen molar-refractivity contribution in [3.63, 3.8) is 0 Å². The van der Waals surface area contributed by atoms with Gasteiger partial charge in [-0.2, -0.15) is 0 Å². The van der Waals surface area contributed by atoms with Crippen LogP contribution >= 0.6 is 0 Å². The van der Waals surface area contributed by atoms with Gasteiger partial charge >= 0.3 is 6.98 Å². The Morgan fingerprint density at radius 3 is 0.897 bits per heavy atom. The lowest BCUT2D eigenvalue weighted by atomic mass is 9.66. The summed E-state index contributed by atoms with van der Waals surface area (Å²) in [5.74, 6) is 0. The van der Waals surface area contributed by atoms with Gasteiger partial charge in [0.1, 0.15) is 0 Å². The van der Waals surface area contributed by atoms with Gasteiger partial charge in [-0.3, -0.25) is 0 Å². The molecule has 0 radical (unpaired) electrons. The van der Waals surface area contributed by atoms with E-state index in [1.54, 1.807) is 0 Å². The van der Waals surface area contributed by atoms with E-state index in [9.17, 15) is 0 Å². The van der Waals surface area contributed by atoms with Crippen molar-refractivity contribution in [2.75, 3.05) is 9.62 Å². The zero-order chi connectivity index (χ0) is 19.9. The van der Waals surface area contributed by atoms with Crippen LogP contribution < -0.4 is 9.62 Å². The summed E-state index contributed by atoms with van der Waals surface area (Å²) >= 11 is 0. The second-order valence-corrected chi connectivity index (χ2v) is 6.97. The normalized spacial score (nSPS) is 10.4. The quantitative estimate of drug-likeness (QED) is 0.316. The summed E-state index contributed by atoms with van der Waals surface area (Å²) in [6.45, 7) is 2.37. The lowest BCUT2D eigenvalue weighted by molar-refractivity contribution is 1.21. The summed E-state index contributed by atoms with van der Waals surface area (Å²) < 4.78 is 0. The fourth-order valence-corrected chi connectivity index (χ4v) is 3.82. The standard InChI is InChI=1S/C26H25BN2/c1-2-27(28(23-15-7-3-8-16-23)24-17-9-4-10-18-24)29(25-19-11-5-12-20-25)26-21-13-6-14-22-26/h3-22H,2H2,1H3. The average molecular weight is 376 g/mol. The summed E-state index contributed by atoms with van der Waals surface area (Å²) in [4.78, 5) is 4.86. The van der Waals surface area contributed by atoms with Crippen molar-refractivity contribution in [2.45, 2.75) is 13.2 Å². The van der Waals surface area contributed by atoms with Gasteiger partial charge in [0.05, 0.1) is 0 Å². The molecular formula is C26H25BN2. The van der Waals surface area contributed by atoms with Crippen molar-refractivity contribution >= 4 is 29.7 Å². The molecule has 0 fully saturated rings. The Morgan fingerprint density at radius 1 is 0.448 bits per heavy atom. The molecule has 4 aromatic carbocycles. The molecule has 0 saturated heterocycles. The molecule has 2 nitrogen and oxygen atoms in total. The van der Waals surface area contributed by atoms with E-state index in [0.717, 1.165) is 6.32 Å². The number of para-hydroxylation sites is 4. The van der Waals surface area contributed by atoms with Gasteiger partial charge in [-0.15, -0.1) is 0 Å². The molecule has 0 aliphatic carbocycles. The largest absolute Gasteiger partial charge is 0.384 e. The summed E-state index contributed by atoms with van der Waals surface area (Å²) in [7, 11) is 0. The van der Waals surface area contributed by atoms with E-state index in [4.69, 9.17) is 0 Å². The van der Waals surface area contributed by atoms with Crippen molar-refractivity contribution < 1.29 is 0 Å². The predicted octanol–water partition coefficient (Wildman–Crippen LogP) is 7.17. The molecule has 0 N–H and O–H groups in total. The molecule has 0 saturated carbocycles. The molecule has 0 aromatic heterocycles. The third-order valence-corrected chi connectivity index (χ3v) is 5.10. The van der Waals surface area contributed by atoms with E-state index in [-0.39, 0.29) is 6.98 Å².